The standard InChI is InChI=1S/C8H16O2Si/c1-11(2,3)8(10)6-4-5-7-9/h7H,4-6H2,1-3H3. The van der Waals surface area contributed by atoms with E-state index >= 15 is 0 Å². The van der Waals surface area contributed by atoms with E-state index in [-0.39, 0.29) is 0 Å². The van der Waals surface area contributed by atoms with E-state index in [1.807, 2.05) is 19.6 Å². The average molecular weight is 172 g/mol. The van der Waals surface area contributed by atoms with Crippen LogP contribution in [0.1, 0.15) is 19.3 Å². The predicted molar refractivity (Wildman–Crippen MR) is 48.3 cm³/mol. The van der Waals surface area contributed by atoms with Crippen LogP contribution in [-0.4, -0.2) is 19.8 Å². The lowest BCUT2D eigenvalue weighted by Gasteiger charge is -2.12. The van der Waals surface area contributed by atoms with Gasteiger partial charge in [-0.3, -0.25) is 0 Å². The third-order valence-electron chi connectivity index (χ3n) is 1.56. The minimum absolute atomic E-state index is 0.374. The van der Waals surface area contributed by atoms with E-state index in [1.165, 1.54) is 0 Å². The normalized spacial score (nSPS) is 11.2. The molecule has 64 valence electrons. The first-order valence-electron chi connectivity index (χ1n) is 3.95. The molecule has 0 aromatic rings. The van der Waals surface area contributed by atoms with Gasteiger partial charge < -0.3 is 9.59 Å². The molecule has 0 saturated heterocycles. The molecule has 0 N–H and O–H groups in total. The van der Waals surface area contributed by atoms with Gasteiger partial charge in [-0.1, -0.05) is 19.6 Å². The summed E-state index contributed by atoms with van der Waals surface area (Å²) in [5.41, 5.74) is 0. The van der Waals surface area contributed by atoms with Crippen molar-refractivity contribution >= 4 is 19.8 Å². The van der Waals surface area contributed by atoms with Gasteiger partial charge in [0.1, 0.15) is 19.8 Å². The molecule has 0 atom stereocenters. The van der Waals surface area contributed by atoms with E-state index in [9.17, 15) is 9.59 Å². The summed E-state index contributed by atoms with van der Waals surface area (Å²) in [5, 5.41) is 0.374. The summed E-state index contributed by atoms with van der Waals surface area (Å²) in [4.78, 5) is 21.2. The van der Waals surface area contributed by atoms with E-state index in [1.54, 1.807) is 0 Å². The Morgan fingerprint density at radius 2 is 1.91 bits per heavy atom. The molecule has 0 aromatic heterocycles. The summed E-state index contributed by atoms with van der Waals surface area (Å²) in [6, 6.07) is 0. The van der Waals surface area contributed by atoms with Crippen molar-refractivity contribution in [2.24, 2.45) is 0 Å². The maximum atomic E-state index is 11.3. The molecule has 11 heavy (non-hydrogen) atoms. The molecular weight excluding hydrogens is 156 g/mol. The van der Waals surface area contributed by atoms with E-state index in [0.717, 1.165) is 12.7 Å². The largest absolute Gasteiger partial charge is 0.305 e. The Morgan fingerprint density at radius 1 is 1.36 bits per heavy atom. The van der Waals surface area contributed by atoms with Crippen LogP contribution in [0.4, 0.5) is 0 Å². The van der Waals surface area contributed by atoms with Crippen molar-refractivity contribution in [3.05, 3.63) is 0 Å². The molecule has 0 amide bonds. The monoisotopic (exact) mass is 172 g/mol. The highest BCUT2D eigenvalue weighted by atomic mass is 28.3. The van der Waals surface area contributed by atoms with Crippen LogP contribution in [0.15, 0.2) is 0 Å². The van der Waals surface area contributed by atoms with Crippen molar-refractivity contribution < 1.29 is 9.59 Å². The molecule has 2 nitrogen and oxygen atoms in total. The van der Waals surface area contributed by atoms with Gasteiger partial charge in [0.2, 0.25) is 0 Å². The number of rotatable bonds is 5. The van der Waals surface area contributed by atoms with Crippen molar-refractivity contribution in [1.82, 2.24) is 0 Å². The molecule has 0 unspecified atom stereocenters. The fraction of sp³-hybridized carbons (Fsp3) is 0.750. The first kappa shape index (κ1) is 10.6. The second-order valence-corrected chi connectivity index (χ2v) is 8.79. The number of aldehydes is 1. The second kappa shape index (κ2) is 4.44. The van der Waals surface area contributed by atoms with Gasteiger partial charge in [-0.25, -0.2) is 0 Å². The van der Waals surface area contributed by atoms with Gasteiger partial charge in [0.15, 0.2) is 0 Å². The first-order valence-corrected chi connectivity index (χ1v) is 7.45. The molecule has 3 heteroatoms. The smallest absolute Gasteiger partial charge is 0.123 e. The molecule has 0 aliphatic rings. The zero-order valence-electron chi connectivity index (χ0n) is 7.52. The van der Waals surface area contributed by atoms with Crippen molar-refractivity contribution in [3.63, 3.8) is 0 Å². The van der Waals surface area contributed by atoms with Crippen LogP contribution in [0.3, 0.4) is 0 Å². The molecular formula is C8H16O2Si. The van der Waals surface area contributed by atoms with Crippen molar-refractivity contribution in [1.29, 1.82) is 0 Å². The lowest BCUT2D eigenvalue weighted by atomic mass is 10.3. The van der Waals surface area contributed by atoms with Crippen molar-refractivity contribution in [3.8, 4) is 0 Å². The maximum Gasteiger partial charge on any atom is 0.123 e. The third kappa shape index (κ3) is 4.90. The highest BCUT2D eigenvalue weighted by molar-refractivity contribution is 7.03. The maximum absolute atomic E-state index is 11.3. The van der Waals surface area contributed by atoms with Crippen LogP contribution in [0.25, 0.3) is 0 Å². The van der Waals surface area contributed by atoms with Crippen LogP contribution in [0, 0.1) is 0 Å². The zero-order valence-corrected chi connectivity index (χ0v) is 8.52. The van der Waals surface area contributed by atoms with Gasteiger partial charge >= 0.3 is 0 Å². The Kier molecular flexibility index (Phi) is 4.26. The molecule has 0 aromatic carbocycles. The van der Waals surface area contributed by atoms with E-state index in [0.29, 0.717) is 18.2 Å². The van der Waals surface area contributed by atoms with Crippen molar-refractivity contribution in [2.45, 2.75) is 38.9 Å². The third-order valence-corrected chi connectivity index (χ3v) is 3.49. The van der Waals surface area contributed by atoms with Gasteiger partial charge in [-0.2, -0.15) is 0 Å². The van der Waals surface area contributed by atoms with Crippen LogP contribution in [-0.2, 0) is 9.59 Å². The highest BCUT2D eigenvalue weighted by Crippen LogP contribution is 2.07. The molecule has 0 spiro atoms. The minimum atomic E-state index is -1.57. The van der Waals surface area contributed by atoms with Gasteiger partial charge in [-0.05, 0) is 6.42 Å². The van der Waals surface area contributed by atoms with E-state index in [2.05, 4.69) is 0 Å². The van der Waals surface area contributed by atoms with Gasteiger partial charge in [0, 0.05) is 12.8 Å². The summed E-state index contributed by atoms with van der Waals surface area (Å²) in [6.07, 6.45) is 2.72. The molecule has 0 fully saturated rings. The molecule has 0 rings (SSSR count). The number of hydrogen-bond acceptors (Lipinski definition) is 2. The fourth-order valence-corrected chi connectivity index (χ4v) is 1.65. The summed E-state index contributed by atoms with van der Waals surface area (Å²) in [6.45, 7) is 6.11. The van der Waals surface area contributed by atoms with E-state index in [4.69, 9.17) is 0 Å². The van der Waals surface area contributed by atoms with Crippen LogP contribution < -0.4 is 0 Å². The van der Waals surface area contributed by atoms with Gasteiger partial charge in [0.05, 0.1) is 0 Å². The minimum Gasteiger partial charge on any atom is -0.305 e. The van der Waals surface area contributed by atoms with Gasteiger partial charge in [-0.15, -0.1) is 0 Å². The number of unbranched alkanes of at least 4 members (excludes halogenated alkanes) is 1. The Balaban J connectivity index is 3.62. The fourth-order valence-electron chi connectivity index (χ4n) is 0.721. The SMILES string of the molecule is C[Si](C)(C)C(=O)CCCC=O. The predicted octanol–water partition coefficient (Wildman–Crippen LogP) is 1.80. The topological polar surface area (TPSA) is 34.1 Å². The molecule has 0 heterocycles. The van der Waals surface area contributed by atoms with Crippen LogP contribution in [0.5, 0.6) is 0 Å². The number of hydrogen-bond donors (Lipinski definition) is 0. The lowest BCUT2D eigenvalue weighted by Crippen LogP contribution is -2.33. The lowest BCUT2D eigenvalue weighted by molar-refractivity contribution is -0.113. The summed E-state index contributed by atoms with van der Waals surface area (Å²) in [7, 11) is -1.57. The molecule has 0 radical (unpaired) electrons. The Morgan fingerprint density at radius 3 is 2.27 bits per heavy atom. The van der Waals surface area contributed by atoms with E-state index < -0.39 is 8.07 Å². The van der Waals surface area contributed by atoms with Crippen LogP contribution in [0.2, 0.25) is 19.6 Å². The molecule has 0 aliphatic heterocycles. The first-order chi connectivity index (χ1) is 4.98. The Hall–Kier alpha value is -0.443. The zero-order chi connectivity index (χ0) is 8.91. The second-order valence-electron chi connectivity index (χ2n) is 3.73. The Bertz CT molecular complexity index is 147. The van der Waals surface area contributed by atoms with Gasteiger partial charge in [0.25, 0.3) is 0 Å². The Labute approximate surface area is 69.0 Å². The summed E-state index contributed by atoms with van der Waals surface area (Å²) in [5.74, 6) is 0. The van der Waals surface area contributed by atoms with Crippen LogP contribution >= 0.6 is 0 Å². The highest BCUT2D eigenvalue weighted by Gasteiger charge is 2.22. The quantitative estimate of drug-likeness (QED) is 0.360. The summed E-state index contributed by atoms with van der Waals surface area (Å²) < 4.78 is 0. The number of carbonyl (C=O) groups excluding carboxylic acids is 2. The number of carbonyl (C=O) groups is 2. The molecule has 0 bridgehead atoms. The van der Waals surface area contributed by atoms with Crippen molar-refractivity contribution in [2.75, 3.05) is 0 Å². The summed E-state index contributed by atoms with van der Waals surface area (Å²) >= 11 is 0. The average Bonchev–Trinajstić information content (AvgIpc) is 1.86. The molecule has 0 aliphatic carbocycles. The molecule has 0 saturated carbocycles.